The summed E-state index contributed by atoms with van der Waals surface area (Å²) in [5, 5.41) is 9.25. The van der Waals surface area contributed by atoms with Crippen LogP contribution in [0, 0.1) is 0 Å². The van der Waals surface area contributed by atoms with E-state index in [2.05, 4.69) is 98.6 Å². The SMILES string of the molecule is COc1ccc(-c2nnc(-c3ccc(-c4ccccc4)cc3)n2-c2ccc(-c3cccnc3)cc2)cc1. The lowest BCUT2D eigenvalue weighted by molar-refractivity contribution is 0.415. The highest BCUT2D eigenvalue weighted by Crippen LogP contribution is 2.31. The highest BCUT2D eigenvalue weighted by Gasteiger charge is 2.18. The second kappa shape index (κ2) is 9.91. The number of benzene rings is 4. The van der Waals surface area contributed by atoms with Crippen LogP contribution in [0.25, 0.3) is 50.7 Å². The van der Waals surface area contributed by atoms with E-state index >= 15 is 0 Å². The molecule has 5 nitrogen and oxygen atoms in total. The molecule has 0 saturated carbocycles. The number of rotatable bonds is 6. The summed E-state index contributed by atoms with van der Waals surface area (Å²) in [6.45, 7) is 0. The van der Waals surface area contributed by atoms with Gasteiger partial charge in [-0.3, -0.25) is 9.55 Å². The molecule has 0 aliphatic heterocycles. The first-order valence-corrected chi connectivity index (χ1v) is 12.1. The van der Waals surface area contributed by atoms with Gasteiger partial charge in [-0.15, -0.1) is 10.2 Å². The van der Waals surface area contributed by atoms with Crippen molar-refractivity contribution >= 4 is 0 Å². The van der Waals surface area contributed by atoms with E-state index < -0.39 is 0 Å². The van der Waals surface area contributed by atoms with E-state index in [4.69, 9.17) is 4.74 Å². The average Bonchev–Trinajstić information content (AvgIpc) is 3.43. The fourth-order valence-electron chi connectivity index (χ4n) is 4.42. The van der Waals surface area contributed by atoms with Crippen LogP contribution in [0.4, 0.5) is 0 Å². The Morgan fingerprint density at radius 1 is 0.514 bits per heavy atom. The van der Waals surface area contributed by atoms with Gasteiger partial charge in [0.1, 0.15) is 5.75 Å². The van der Waals surface area contributed by atoms with Gasteiger partial charge < -0.3 is 4.74 Å². The molecule has 2 aromatic heterocycles. The largest absolute Gasteiger partial charge is 0.497 e. The van der Waals surface area contributed by atoms with Crippen LogP contribution in [0.1, 0.15) is 0 Å². The van der Waals surface area contributed by atoms with Crippen molar-refractivity contribution in [1.82, 2.24) is 19.7 Å². The van der Waals surface area contributed by atoms with Crippen LogP contribution in [0.2, 0.25) is 0 Å². The Bertz CT molecular complexity index is 1610. The molecular formula is C32H24N4O. The summed E-state index contributed by atoms with van der Waals surface area (Å²) in [7, 11) is 1.67. The van der Waals surface area contributed by atoms with E-state index in [-0.39, 0.29) is 0 Å². The summed E-state index contributed by atoms with van der Waals surface area (Å²) in [6, 6.07) is 39.1. The van der Waals surface area contributed by atoms with E-state index in [1.54, 1.807) is 13.3 Å². The molecule has 4 aromatic carbocycles. The molecule has 0 fully saturated rings. The van der Waals surface area contributed by atoms with Gasteiger partial charge in [-0.1, -0.05) is 72.8 Å². The molecule has 0 amide bonds. The predicted octanol–water partition coefficient (Wildman–Crippen LogP) is 7.34. The smallest absolute Gasteiger partial charge is 0.168 e. The standard InChI is InChI=1S/C32H24N4O/c1-37-30-19-15-27(16-20-30)32-35-34-31(26-11-9-24(10-12-26)23-6-3-2-4-7-23)36(32)29-17-13-25(14-18-29)28-8-5-21-33-22-28/h2-22H,1H3. The van der Waals surface area contributed by atoms with Crippen molar-refractivity contribution < 1.29 is 4.74 Å². The topological polar surface area (TPSA) is 52.8 Å². The zero-order chi connectivity index (χ0) is 25.0. The molecule has 0 N–H and O–H groups in total. The molecule has 0 aliphatic rings. The van der Waals surface area contributed by atoms with Crippen LogP contribution in [-0.4, -0.2) is 26.9 Å². The van der Waals surface area contributed by atoms with Crippen molar-refractivity contribution in [2.75, 3.05) is 7.11 Å². The maximum atomic E-state index is 5.35. The van der Waals surface area contributed by atoms with Crippen molar-refractivity contribution in [2.24, 2.45) is 0 Å². The normalized spacial score (nSPS) is 10.8. The van der Waals surface area contributed by atoms with E-state index in [0.717, 1.165) is 50.9 Å². The minimum absolute atomic E-state index is 0.763. The molecule has 5 heteroatoms. The molecule has 178 valence electrons. The summed E-state index contributed by atoms with van der Waals surface area (Å²) >= 11 is 0. The molecule has 6 aromatic rings. The van der Waals surface area contributed by atoms with Crippen LogP contribution in [0.3, 0.4) is 0 Å². The first kappa shape index (κ1) is 22.4. The Labute approximate surface area is 215 Å². The Kier molecular flexibility index (Phi) is 6.01. The van der Waals surface area contributed by atoms with Gasteiger partial charge in [-0.2, -0.15) is 0 Å². The zero-order valence-electron chi connectivity index (χ0n) is 20.3. The number of methoxy groups -OCH3 is 1. The molecule has 0 spiro atoms. The summed E-state index contributed by atoms with van der Waals surface area (Å²) in [5.74, 6) is 2.34. The molecule has 0 bridgehead atoms. The van der Waals surface area contributed by atoms with Crippen LogP contribution in [-0.2, 0) is 0 Å². The number of pyridine rings is 1. The Morgan fingerprint density at radius 2 is 1.03 bits per heavy atom. The lowest BCUT2D eigenvalue weighted by atomic mass is 10.0. The third-order valence-electron chi connectivity index (χ3n) is 6.38. The number of hydrogen-bond donors (Lipinski definition) is 0. The van der Waals surface area contributed by atoms with E-state index in [9.17, 15) is 0 Å². The maximum absolute atomic E-state index is 5.35. The average molecular weight is 481 g/mol. The fourth-order valence-corrected chi connectivity index (χ4v) is 4.42. The van der Waals surface area contributed by atoms with Gasteiger partial charge in [0.2, 0.25) is 0 Å². The van der Waals surface area contributed by atoms with E-state index in [0.29, 0.717) is 0 Å². The Morgan fingerprint density at radius 3 is 1.62 bits per heavy atom. The van der Waals surface area contributed by atoms with E-state index in [1.165, 1.54) is 5.56 Å². The maximum Gasteiger partial charge on any atom is 0.168 e. The van der Waals surface area contributed by atoms with E-state index in [1.807, 2.05) is 42.6 Å². The second-order valence-corrected chi connectivity index (χ2v) is 8.64. The van der Waals surface area contributed by atoms with Crippen LogP contribution in [0.15, 0.2) is 128 Å². The minimum Gasteiger partial charge on any atom is -0.497 e. The molecule has 2 heterocycles. The molecule has 0 radical (unpaired) electrons. The summed E-state index contributed by atoms with van der Waals surface area (Å²) in [4.78, 5) is 4.25. The van der Waals surface area contributed by atoms with Gasteiger partial charge >= 0.3 is 0 Å². The number of ether oxygens (including phenoxy) is 1. The first-order chi connectivity index (χ1) is 18.3. The number of hydrogen-bond acceptors (Lipinski definition) is 4. The third kappa shape index (κ3) is 4.50. The third-order valence-corrected chi connectivity index (χ3v) is 6.38. The van der Waals surface area contributed by atoms with Crippen molar-refractivity contribution in [2.45, 2.75) is 0 Å². The Hall–Kier alpha value is -5.03. The fraction of sp³-hybridized carbons (Fsp3) is 0.0312. The lowest BCUT2D eigenvalue weighted by Gasteiger charge is -2.13. The monoisotopic (exact) mass is 480 g/mol. The van der Waals surface area contributed by atoms with Crippen molar-refractivity contribution in [1.29, 1.82) is 0 Å². The zero-order valence-corrected chi connectivity index (χ0v) is 20.3. The molecule has 6 rings (SSSR count). The quantitative estimate of drug-likeness (QED) is 0.250. The Balaban J connectivity index is 1.44. The number of aromatic nitrogens is 4. The second-order valence-electron chi connectivity index (χ2n) is 8.64. The van der Waals surface area contributed by atoms with Gasteiger partial charge in [0.15, 0.2) is 11.6 Å². The highest BCUT2D eigenvalue weighted by molar-refractivity contribution is 5.72. The van der Waals surface area contributed by atoms with Gasteiger partial charge in [0.05, 0.1) is 7.11 Å². The van der Waals surface area contributed by atoms with Crippen molar-refractivity contribution in [3.63, 3.8) is 0 Å². The van der Waals surface area contributed by atoms with Crippen LogP contribution in [0.5, 0.6) is 5.75 Å². The molecular weight excluding hydrogens is 456 g/mol. The molecule has 0 saturated heterocycles. The van der Waals surface area contributed by atoms with Gasteiger partial charge in [-0.05, 0) is 64.7 Å². The van der Waals surface area contributed by atoms with Gasteiger partial charge in [0.25, 0.3) is 0 Å². The molecule has 0 unspecified atom stereocenters. The first-order valence-electron chi connectivity index (χ1n) is 12.1. The highest BCUT2D eigenvalue weighted by atomic mass is 16.5. The summed E-state index contributed by atoms with van der Waals surface area (Å²) in [5.41, 5.74) is 7.44. The van der Waals surface area contributed by atoms with Crippen molar-refractivity contribution in [3.05, 3.63) is 128 Å². The lowest BCUT2D eigenvalue weighted by Crippen LogP contribution is -2.00. The van der Waals surface area contributed by atoms with Gasteiger partial charge in [-0.25, -0.2) is 0 Å². The summed E-state index contributed by atoms with van der Waals surface area (Å²) in [6.07, 6.45) is 3.65. The van der Waals surface area contributed by atoms with Crippen LogP contribution >= 0.6 is 0 Å². The summed E-state index contributed by atoms with van der Waals surface area (Å²) < 4.78 is 7.45. The molecule has 37 heavy (non-hydrogen) atoms. The van der Waals surface area contributed by atoms with Crippen LogP contribution < -0.4 is 4.74 Å². The number of nitrogens with zero attached hydrogens (tertiary/aromatic N) is 4. The minimum atomic E-state index is 0.763. The molecule has 0 atom stereocenters. The molecule has 0 aliphatic carbocycles. The predicted molar refractivity (Wildman–Crippen MR) is 147 cm³/mol. The van der Waals surface area contributed by atoms with Gasteiger partial charge in [0, 0.05) is 29.2 Å². The van der Waals surface area contributed by atoms with Crippen molar-refractivity contribution in [3.8, 4) is 56.5 Å².